The average molecular weight is 485 g/mol. The number of rotatable bonds is 7. The van der Waals surface area contributed by atoms with E-state index in [2.05, 4.69) is 5.32 Å². The van der Waals surface area contributed by atoms with E-state index < -0.39 is 10.0 Å². The minimum atomic E-state index is -3.59. The van der Waals surface area contributed by atoms with Crippen molar-refractivity contribution in [3.8, 4) is 5.75 Å². The van der Waals surface area contributed by atoms with E-state index in [1.54, 1.807) is 25.3 Å². The van der Waals surface area contributed by atoms with Gasteiger partial charge in [-0.1, -0.05) is 47.5 Å². The first-order valence-electron chi connectivity index (χ1n) is 10.1. The van der Waals surface area contributed by atoms with Crippen molar-refractivity contribution in [3.63, 3.8) is 0 Å². The Morgan fingerprint density at radius 3 is 2.35 bits per heavy atom. The molecule has 1 amide bonds. The van der Waals surface area contributed by atoms with Crippen LogP contribution in [0.3, 0.4) is 0 Å². The van der Waals surface area contributed by atoms with Crippen LogP contribution in [0.4, 0.5) is 0 Å². The molecular weight excluding hydrogens is 459 g/mol. The van der Waals surface area contributed by atoms with Gasteiger partial charge in [0, 0.05) is 40.2 Å². The van der Waals surface area contributed by atoms with E-state index >= 15 is 0 Å². The molecule has 2 aromatic rings. The molecule has 0 bridgehead atoms. The molecule has 9 heteroatoms. The molecule has 2 aromatic carbocycles. The highest BCUT2D eigenvalue weighted by molar-refractivity contribution is 7.88. The van der Waals surface area contributed by atoms with E-state index in [-0.39, 0.29) is 36.7 Å². The van der Waals surface area contributed by atoms with Crippen molar-refractivity contribution < 1.29 is 17.9 Å². The number of methoxy groups -OCH3 is 1. The maximum atomic E-state index is 12.9. The number of carbonyl (C=O) groups excluding carboxylic acids is 1. The Balaban J connectivity index is 1.59. The number of carbonyl (C=O) groups is 1. The molecule has 0 aliphatic carbocycles. The molecule has 31 heavy (non-hydrogen) atoms. The van der Waals surface area contributed by atoms with Crippen LogP contribution in [0.5, 0.6) is 5.75 Å². The monoisotopic (exact) mass is 484 g/mol. The largest absolute Gasteiger partial charge is 0.496 e. The van der Waals surface area contributed by atoms with Crippen LogP contribution < -0.4 is 10.1 Å². The van der Waals surface area contributed by atoms with Crippen molar-refractivity contribution in [2.75, 3.05) is 20.2 Å². The van der Waals surface area contributed by atoms with Crippen molar-refractivity contribution in [3.05, 3.63) is 63.6 Å². The summed E-state index contributed by atoms with van der Waals surface area (Å²) in [6.45, 7) is 2.47. The predicted octanol–water partition coefficient (Wildman–Crippen LogP) is 4.42. The van der Waals surface area contributed by atoms with Gasteiger partial charge in [-0.15, -0.1) is 0 Å². The number of hydrogen-bond acceptors (Lipinski definition) is 4. The lowest BCUT2D eigenvalue weighted by Gasteiger charge is -2.31. The van der Waals surface area contributed by atoms with E-state index in [4.69, 9.17) is 27.9 Å². The lowest BCUT2D eigenvalue weighted by molar-refractivity contribution is -0.126. The number of benzene rings is 2. The van der Waals surface area contributed by atoms with E-state index in [0.29, 0.717) is 28.5 Å². The number of para-hydroxylation sites is 1. The second-order valence-corrected chi connectivity index (χ2v) is 10.4. The molecule has 1 fully saturated rings. The summed E-state index contributed by atoms with van der Waals surface area (Å²) in [5.41, 5.74) is 1.30. The summed E-state index contributed by atoms with van der Waals surface area (Å²) in [5, 5.41) is 3.69. The molecule has 0 spiro atoms. The summed E-state index contributed by atoms with van der Waals surface area (Å²) in [4.78, 5) is 12.8. The minimum absolute atomic E-state index is 0.0791. The highest BCUT2D eigenvalue weighted by atomic mass is 35.5. The third-order valence-corrected chi connectivity index (χ3v) is 8.08. The topological polar surface area (TPSA) is 75.7 Å². The Hall–Kier alpha value is -1.80. The molecule has 1 aliphatic rings. The van der Waals surface area contributed by atoms with Crippen molar-refractivity contribution in [1.29, 1.82) is 0 Å². The summed E-state index contributed by atoms with van der Waals surface area (Å²) >= 11 is 12.3. The number of piperidine rings is 1. The van der Waals surface area contributed by atoms with Gasteiger partial charge in [-0.25, -0.2) is 12.7 Å². The van der Waals surface area contributed by atoms with Crippen molar-refractivity contribution in [2.45, 2.75) is 31.6 Å². The third-order valence-electron chi connectivity index (χ3n) is 5.57. The van der Waals surface area contributed by atoms with Crippen LogP contribution in [0, 0.1) is 5.92 Å². The highest BCUT2D eigenvalue weighted by Crippen LogP contribution is 2.30. The molecule has 1 aliphatic heterocycles. The molecule has 1 heterocycles. The van der Waals surface area contributed by atoms with Gasteiger partial charge in [0.25, 0.3) is 0 Å². The molecular formula is C22H26Cl2N2O4S. The Bertz CT molecular complexity index is 1020. The quantitative estimate of drug-likeness (QED) is 0.630. The van der Waals surface area contributed by atoms with Crippen LogP contribution in [-0.4, -0.2) is 38.8 Å². The van der Waals surface area contributed by atoms with Crippen molar-refractivity contribution >= 4 is 39.1 Å². The normalized spacial score (nSPS) is 16.6. The van der Waals surface area contributed by atoms with Crippen LogP contribution in [-0.2, 0) is 20.6 Å². The van der Waals surface area contributed by atoms with Crippen LogP contribution >= 0.6 is 23.2 Å². The highest BCUT2D eigenvalue weighted by Gasteiger charge is 2.32. The fourth-order valence-corrected chi connectivity index (χ4v) is 6.09. The van der Waals surface area contributed by atoms with Gasteiger partial charge in [-0.2, -0.15) is 0 Å². The molecule has 0 aromatic heterocycles. The smallest absolute Gasteiger partial charge is 0.223 e. The van der Waals surface area contributed by atoms with Gasteiger partial charge in [-0.05, 0) is 38.0 Å². The molecule has 168 valence electrons. The van der Waals surface area contributed by atoms with Gasteiger partial charge in [0.1, 0.15) is 5.75 Å². The van der Waals surface area contributed by atoms with Crippen LogP contribution in [0.15, 0.2) is 42.5 Å². The van der Waals surface area contributed by atoms with Gasteiger partial charge in [0.15, 0.2) is 0 Å². The summed E-state index contributed by atoms with van der Waals surface area (Å²) in [6, 6.07) is 12.3. The van der Waals surface area contributed by atoms with E-state index in [9.17, 15) is 13.2 Å². The molecule has 1 N–H and O–H groups in total. The zero-order chi connectivity index (χ0) is 22.6. The standard InChI is InChI=1S/C22H26Cl2N2O4S/c1-15(17-6-3-4-9-21(17)30-2)25-22(27)16-10-12-26(13-11-16)31(28,29)14-18-19(23)7-5-8-20(18)24/h3-9,15-16H,10-14H2,1-2H3,(H,25,27)/t15-/m0/s1. The maximum absolute atomic E-state index is 12.9. The summed E-state index contributed by atoms with van der Waals surface area (Å²) in [5.74, 6) is 0.138. The van der Waals surface area contributed by atoms with Crippen LogP contribution in [0.2, 0.25) is 10.0 Å². The van der Waals surface area contributed by atoms with Gasteiger partial charge in [-0.3, -0.25) is 4.79 Å². The summed E-state index contributed by atoms with van der Waals surface area (Å²) in [6.07, 6.45) is 0.917. The molecule has 1 atom stereocenters. The molecule has 0 saturated carbocycles. The van der Waals surface area contributed by atoms with E-state index in [0.717, 1.165) is 11.3 Å². The lowest BCUT2D eigenvalue weighted by Crippen LogP contribution is -2.43. The van der Waals surface area contributed by atoms with Gasteiger partial charge in [0.05, 0.1) is 18.9 Å². The first kappa shape index (κ1) is 23.9. The number of halogens is 2. The Labute approximate surface area is 193 Å². The zero-order valence-electron chi connectivity index (χ0n) is 17.5. The number of ether oxygens (including phenoxy) is 1. The van der Waals surface area contributed by atoms with Crippen molar-refractivity contribution in [2.24, 2.45) is 5.92 Å². The second-order valence-electron chi connectivity index (χ2n) is 7.60. The Kier molecular flexibility index (Phi) is 7.86. The van der Waals surface area contributed by atoms with E-state index in [1.807, 2.05) is 31.2 Å². The minimum Gasteiger partial charge on any atom is -0.496 e. The molecule has 0 unspecified atom stereocenters. The fourth-order valence-electron chi connectivity index (χ4n) is 3.77. The molecule has 1 saturated heterocycles. The Morgan fingerprint density at radius 1 is 1.13 bits per heavy atom. The number of nitrogens with one attached hydrogen (secondary N) is 1. The van der Waals surface area contributed by atoms with Gasteiger partial charge < -0.3 is 10.1 Å². The van der Waals surface area contributed by atoms with Crippen molar-refractivity contribution in [1.82, 2.24) is 9.62 Å². The summed E-state index contributed by atoms with van der Waals surface area (Å²) < 4.78 is 32.5. The number of nitrogens with zero attached hydrogens (tertiary/aromatic N) is 1. The first-order valence-corrected chi connectivity index (χ1v) is 12.4. The SMILES string of the molecule is COc1ccccc1[C@H](C)NC(=O)C1CCN(S(=O)(=O)Cc2c(Cl)cccc2Cl)CC1. The molecule has 3 rings (SSSR count). The predicted molar refractivity (Wildman–Crippen MR) is 123 cm³/mol. The molecule has 0 radical (unpaired) electrons. The maximum Gasteiger partial charge on any atom is 0.223 e. The third kappa shape index (κ3) is 5.71. The van der Waals surface area contributed by atoms with Gasteiger partial charge in [0.2, 0.25) is 15.9 Å². The van der Waals surface area contributed by atoms with Crippen LogP contribution in [0.1, 0.15) is 36.9 Å². The lowest BCUT2D eigenvalue weighted by atomic mass is 9.96. The summed E-state index contributed by atoms with van der Waals surface area (Å²) in [7, 11) is -1.99. The fraction of sp³-hybridized carbons (Fsp3) is 0.409. The molecule has 6 nitrogen and oxygen atoms in total. The average Bonchev–Trinajstić information content (AvgIpc) is 2.76. The van der Waals surface area contributed by atoms with E-state index in [1.165, 1.54) is 4.31 Å². The number of amides is 1. The second kappa shape index (κ2) is 10.2. The number of sulfonamides is 1. The number of hydrogen-bond donors (Lipinski definition) is 1. The Morgan fingerprint density at radius 2 is 1.74 bits per heavy atom. The van der Waals surface area contributed by atoms with Gasteiger partial charge >= 0.3 is 0 Å². The van der Waals surface area contributed by atoms with Crippen LogP contribution in [0.25, 0.3) is 0 Å². The first-order chi connectivity index (χ1) is 14.7. The zero-order valence-corrected chi connectivity index (χ0v) is 19.8.